The van der Waals surface area contributed by atoms with Crippen molar-refractivity contribution in [1.29, 1.82) is 0 Å². The van der Waals surface area contributed by atoms with E-state index in [-0.39, 0.29) is 11.8 Å². The predicted octanol–water partition coefficient (Wildman–Crippen LogP) is 6.88. The summed E-state index contributed by atoms with van der Waals surface area (Å²) in [5, 5.41) is 3.53. The third kappa shape index (κ3) is 3.47. The van der Waals surface area contributed by atoms with Crippen molar-refractivity contribution >= 4 is 35.0 Å². The van der Waals surface area contributed by atoms with Gasteiger partial charge in [-0.3, -0.25) is 14.5 Å². The van der Waals surface area contributed by atoms with Crippen LogP contribution >= 0.6 is 7.26 Å². The van der Waals surface area contributed by atoms with Crippen LogP contribution < -0.4 is 5.30 Å². The van der Waals surface area contributed by atoms with Crippen molar-refractivity contribution < 1.29 is 9.59 Å². The first-order valence-electron chi connectivity index (χ1n) is 11.9. The van der Waals surface area contributed by atoms with E-state index < -0.39 is 7.26 Å². The van der Waals surface area contributed by atoms with Crippen molar-refractivity contribution in [2.24, 2.45) is 0 Å². The molecular weight excluding hydrogens is 461 g/mol. The van der Waals surface area contributed by atoms with Gasteiger partial charge >= 0.3 is 0 Å². The van der Waals surface area contributed by atoms with Gasteiger partial charge in [0.25, 0.3) is 11.8 Å². The van der Waals surface area contributed by atoms with E-state index in [9.17, 15) is 9.59 Å². The normalized spacial score (nSPS) is 17.0. The van der Waals surface area contributed by atoms with E-state index in [2.05, 4.69) is 67.3 Å². The third-order valence-corrected chi connectivity index (χ3v) is 11.0. The lowest BCUT2D eigenvalue weighted by atomic mass is 10.1. The quantitative estimate of drug-likeness (QED) is 0.233. The zero-order chi connectivity index (χ0) is 24.7. The zero-order valence-electron chi connectivity index (χ0n) is 19.8. The first-order chi connectivity index (χ1) is 17.6. The van der Waals surface area contributed by atoms with E-state index >= 15 is 0 Å². The Kier molecular flexibility index (Phi) is 5.51. The second-order valence-electron chi connectivity index (χ2n) is 9.05. The highest BCUT2D eigenvalue weighted by atomic mass is 31.2. The number of rotatable bonds is 4. The molecule has 0 fully saturated rings. The lowest BCUT2D eigenvalue weighted by Gasteiger charge is -2.34. The molecule has 4 aromatic rings. The maximum Gasteiger partial charge on any atom is 0.262 e. The van der Waals surface area contributed by atoms with E-state index in [1.54, 1.807) is 24.3 Å². The van der Waals surface area contributed by atoms with Crippen LogP contribution in [-0.2, 0) is 0 Å². The molecule has 0 spiro atoms. The van der Waals surface area contributed by atoms with Gasteiger partial charge in [0, 0.05) is 11.1 Å². The lowest BCUT2D eigenvalue weighted by molar-refractivity contribution is 0.0687. The summed E-state index contributed by atoms with van der Waals surface area (Å²) < 4.78 is 0. The molecule has 2 amide bonds. The van der Waals surface area contributed by atoms with Crippen molar-refractivity contribution in [2.75, 3.05) is 6.66 Å². The number of imide groups is 1. The number of nitrogens with zero attached hydrogens (tertiary/aromatic N) is 1. The smallest absolute Gasteiger partial charge is 0.262 e. The van der Waals surface area contributed by atoms with E-state index in [1.807, 2.05) is 42.5 Å². The molecule has 0 atom stereocenters. The summed E-state index contributed by atoms with van der Waals surface area (Å²) in [6.45, 7) is 2.33. The zero-order valence-corrected chi connectivity index (χ0v) is 20.7. The lowest BCUT2D eigenvalue weighted by Crippen LogP contribution is -2.34. The molecule has 6 rings (SSSR count). The number of carbonyl (C=O) groups is 2. The molecule has 2 aliphatic rings. The average Bonchev–Trinajstić information content (AvgIpc) is 3.20. The Morgan fingerprint density at radius 2 is 0.917 bits per heavy atom. The van der Waals surface area contributed by atoms with Gasteiger partial charge in [-0.05, 0) is 36.4 Å². The van der Waals surface area contributed by atoms with Crippen molar-refractivity contribution in [3.8, 4) is 0 Å². The first kappa shape index (κ1) is 22.4. The second kappa shape index (κ2) is 8.86. The van der Waals surface area contributed by atoms with Crippen LogP contribution in [0.15, 0.2) is 127 Å². The standard InChI is InChI=1S/C32H24NO2P/c1-36(26-17-9-4-10-18-26)29(23-13-5-2-6-14-23)21-25(22-30(36)24-15-7-3-8-16-24)33-31(34)27-19-11-12-20-28(27)32(33)35/h2-22H,1H3/q+1. The van der Waals surface area contributed by atoms with Crippen LogP contribution in [0.2, 0.25) is 0 Å². The topological polar surface area (TPSA) is 37.4 Å². The molecule has 2 aliphatic heterocycles. The average molecular weight is 486 g/mol. The molecule has 2 heterocycles. The summed E-state index contributed by atoms with van der Waals surface area (Å²) in [5.41, 5.74) is 3.08. The van der Waals surface area contributed by atoms with Crippen LogP contribution in [0.3, 0.4) is 0 Å². The van der Waals surface area contributed by atoms with Gasteiger partial charge in [-0.25, -0.2) is 0 Å². The highest BCUT2D eigenvalue weighted by Crippen LogP contribution is 2.76. The van der Waals surface area contributed by atoms with Crippen LogP contribution in [0.25, 0.3) is 10.6 Å². The minimum Gasteiger partial charge on any atom is -0.269 e. The number of fused-ring (bicyclic) bond motifs is 1. The molecule has 0 N–H and O–H groups in total. The fourth-order valence-electron chi connectivity index (χ4n) is 5.17. The van der Waals surface area contributed by atoms with Gasteiger partial charge in [-0.15, -0.1) is 0 Å². The molecule has 0 bridgehead atoms. The highest BCUT2D eigenvalue weighted by molar-refractivity contribution is 7.99. The molecule has 0 aromatic heterocycles. The van der Waals surface area contributed by atoms with Crippen molar-refractivity contribution in [3.63, 3.8) is 0 Å². The van der Waals surface area contributed by atoms with Crippen molar-refractivity contribution in [1.82, 2.24) is 4.90 Å². The largest absolute Gasteiger partial charge is 0.269 e. The summed E-state index contributed by atoms with van der Waals surface area (Å²) in [4.78, 5) is 28.3. The van der Waals surface area contributed by atoms with Gasteiger partial charge in [0.05, 0.1) is 17.8 Å². The molecule has 4 heteroatoms. The number of hydrogen-bond acceptors (Lipinski definition) is 2. The molecule has 0 saturated heterocycles. The Bertz CT molecular complexity index is 1430. The van der Waals surface area contributed by atoms with E-state index in [4.69, 9.17) is 0 Å². The van der Waals surface area contributed by atoms with E-state index in [0.29, 0.717) is 17.2 Å². The molecule has 1 radical (unpaired) electrons. The Labute approximate surface area is 211 Å². The summed E-state index contributed by atoms with van der Waals surface area (Å²) in [6.07, 6.45) is 4.12. The van der Waals surface area contributed by atoms with Gasteiger partial charge in [-0.2, -0.15) is 0 Å². The van der Waals surface area contributed by atoms with Gasteiger partial charge in [0.2, 0.25) is 0 Å². The highest BCUT2D eigenvalue weighted by Gasteiger charge is 2.51. The Balaban J connectivity index is 1.60. The van der Waals surface area contributed by atoms with Crippen LogP contribution in [0, 0.1) is 6.04 Å². The van der Waals surface area contributed by atoms with Gasteiger partial charge < -0.3 is 0 Å². The van der Waals surface area contributed by atoms with Crippen LogP contribution in [0.4, 0.5) is 0 Å². The first-order valence-corrected chi connectivity index (χ1v) is 14.1. The minimum atomic E-state index is -2.12. The van der Waals surface area contributed by atoms with Crippen LogP contribution in [0.1, 0.15) is 31.8 Å². The molecule has 173 valence electrons. The molecular formula is C32H24NO2P+. The van der Waals surface area contributed by atoms with Gasteiger partial charge in [0.15, 0.2) is 0 Å². The number of hydrogen-bond donors (Lipinski definition) is 0. The van der Waals surface area contributed by atoms with Crippen molar-refractivity contribution in [2.45, 2.75) is 0 Å². The summed E-state index contributed by atoms with van der Waals surface area (Å²) in [7, 11) is -2.12. The fourth-order valence-corrected chi connectivity index (χ4v) is 8.86. The van der Waals surface area contributed by atoms with Gasteiger partial charge in [-0.1, -0.05) is 91.0 Å². The second-order valence-corrected chi connectivity index (χ2v) is 12.5. The molecule has 0 unspecified atom stereocenters. The Morgan fingerprint density at radius 1 is 0.528 bits per heavy atom. The molecule has 36 heavy (non-hydrogen) atoms. The van der Waals surface area contributed by atoms with Crippen LogP contribution in [0.5, 0.6) is 0 Å². The number of benzene rings is 4. The third-order valence-electron chi connectivity index (χ3n) is 7.00. The SMILES string of the molecule is C[P+]1(c2ccccc2)C(c2ccccc2)=C[C](N2C(=O)c3ccccc3C2=O)C=C1c1ccccc1. The predicted molar refractivity (Wildman–Crippen MR) is 148 cm³/mol. The van der Waals surface area contributed by atoms with Gasteiger partial charge in [0.1, 0.15) is 29.2 Å². The molecule has 0 saturated carbocycles. The molecule has 0 aliphatic carbocycles. The minimum absolute atomic E-state index is 0.278. The Morgan fingerprint density at radius 3 is 1.36 bits per heavy atom. The summed E-state index contributed by atoms with van der Waals surface area (Å²) >= 11 is 0. The summed E-state index contributed by atoms with van der Waals surface area (Å²) in [5.74, 6) is -0.556. The van der Waals surface area contributed by atoms with Crippen LogP contribution in [-0.4, -0.2) is 23.4 Å². The molecule has 3 nitrogen and oxygen atoms in total. The fraction of sp³-hybridized carbons (Fsp3) is 0.0312. The van der Waals surface area contributed by atoms with Crippen molar-refractivity contribution in [3.05, 3.63) is 156 Å². The van der Waals surface area contributed by atoms with E-state index in [1.165, 1.54) is 10.2 Å². The number of amides is 2. The maximum atomic E-state index is 13.5. The maximum absolute atomic E-state index is 13.5. The van der Waals surface area contributed by atoms with E-state index in [0.717, 1.165) is 21.8 Å². The Hall–Kier alpha value is -4.07. The monoisotopic (exact) mass is 485 g/mol. The molecule has 4 aromatic carbocycles. The number of carbonyl (C=O) groups excluding carboxylic acids is 2. The summed E-state index contributed by atoms with van der Waals surface area (Å²) in [6, 6.07) is 38.8.